The lowest BCUT2D eigenvalue weighted by molar-refractivity contribution is -0.895. The van der Waals surface area contributed by atoms with Crippen LogP contribution in [-0.2, 0) is 14.8 Å². The largest absolute Gasteiger partial charge is 0.346 e. The van der Waals surface area contributed by atoms with Crippen LogP contribution in [0.25, 0.3) is 0 Å². The van der Waals surface area contributed by atoms with Gasteiger partial charge in [-0.25, -0.2) is 8.42 Å². The molecule has 0 aliphatic carbocycles. The molecule has 2 rings (SSSR count). The molecular weight excluding hydrogens is 350 g/mol. The van der Waals surface area contributed by atoms with Gasteiger partial charge in [-0.15, -0.1) is 0 Å². The molecule has 1 aromatic carbocycles. The SMILES string of the molecule is CCC(C)(C)NC(=O)C[NH+]1CCN(S(=O)(=O)c2ccc(C)c(C)c2)CC1. The third-order valence-electron chi connectivity index (χ3n) is 5.32. The highest BCUT2D eigenvalue weighted by Crippen LogP contribution is 2.19. The highest BCUT2D eigenvalue weighted by Gasteiger charge is 2.31. The van der Waals surface area contributed by atoms with Gasteiger partial charge < -0.3 is 10.2 Å². The molecule has 0 aromatic heterocycles. The fraction of sp³-hybridized carbons (Fsp3) is 0.632. The summed E-state index contributed by atoms with van der Waals surface area (Å²) in [7, 11) is -3.47. The van der Waals surface area contributed by atoms with Gasteiger partial charge in [-0.2, -0.15) is 4.31 Å². The zero-order valence-corrected chi connectivity index (χ0v) is 17.4. The number of amides is 1. The summed E-state index contributed by atoms with van der Waals surface area (Å²) in [5.74, 6) is 0.0253. The summed E-state index contributed by atoms with van der Waals surface area (Å²) >= 11 is 0. The lowest BCUT2D eigenvalue weighted by Gasteiger charge is -2.32. The minimum Gasteiger partial charge on any atom is -0.346 e. The van der Waals surface area contributed by atoms with E-state index in [9.17, 15) is 13.2 Å². The van der Waals surface area contributed by atoms with Crippen LogP contribution < -0.4 is 10.2 Å². The Morgan fingerprint density at radius 2 is 1.81 bits per heavy atom. The summed E-state index contributed by atoms with van der Waals surface area (Å²) in [4.78, 5) is 13.7. The number of hydrogen-bond donors (Lipinski definition) is 2. The molecule has 26 heavy (non-hydrogen) atoms. The smallest absolute Gasteiger partial charge is 0.275 e. The molecule has 1 saturated heterocycles. The zero-order chi connectivity index (χ0) is 19.5. The average molecular weight is 383 g/mol. The third-order valence-corrected chi connectivity index (χ3v) is 7.21. The molecule has 6 nitrogen and oxygen atoms in total. The van der Waals surface area contributed by atoms with Crippen molar-refractivity contribution in [2.75, 3.05) is 32.7 Å². The van der Waals surface area contributed by atoms with Crippen LogP contribution in [0.2, 0.25) is 0 Å². The molecule has 1 aliphatic rings. The van der Waals surface area contributed by atoms with Crippen LogP contribution in [0.3, 0.4) is 0 Å². The lowest BCUT2D eigenvalue weighted by atomic mass is 10.0. The standard InChI is InChI=1S/C19H31N3O3S/c1-6-19(4,5)20-18(23)14-21-9-11-22(12-10-21)26(24,25)17-8-7-15(2)16(3)13-17/h7-8,13H,6,9-12,14H2,1-5H3,(H,20,23)/p+1. The molecule has 7 heteroatoms. The van der Waals surface area contributed by atoms with Crippen molar-refractivity contribution in [1.82, 2.24) is 9.62 Å². The van der Waals surface area contributed by atoms with E-state index in [-0.39, 0.29) is 11.4 Å². The quantitative estimate of drug-likeness (QED) is 0.753. The van der Waals surface area contributed by atoms with Crippen LogP contribution in [0.1, 0.15) is 38.3 Å². The predicted octanol–water partition coefficient (Wildman–Crippen LogP) is 0.497. The second-order valence-electron chi connectivity index (χ2n) is 7.86. The molecule has 0 unspecified atom stereocenters. The summed E-state index contributed by atoms with van der Waals surface area (Å²) in [6.07, 6.45) is 0.871. The molecule has 0 bridgehead atoms. The Hall–Kier alpha value is -1.44. The van der Waals surface area contributed by atoms with E-state index in [2.05, 4.69) is 5.32 Å². The number of quaternary nitrogens is 1. The van der Waals surface area contributed by atoms with Crippen molar-refractivity contribution < 1.29 is 18.1 Å². The molecule has 1 heterocycles. The van der Waals surface area contributed by atoms with E-state index >= 15 is 0 Å². The van der Waals surface area contributed by atoms with E-state index in [1.807, 2.05) is 40.7 Å². The van der Waals surface area contributed by atoms with Crippen molar-refractivity contribution in [3.8, 4) is 0 Å². The molecule has 1 aliphatic heterocycles. The van der Waals surface area contributed by atoms with E-state index in [0.717, 1.165) is 22.4 Å². The molecular formula is C19H32N3O3S+. The molecule has 1 amide bonds. The summed E-state index contributed by atoms with van der Waals surface area (Å²) < 4.78 is 27.2. The van der Waals surface area contributed by atoms with Gasteiger partial charge in [0.1, 0.15) is 0 Å². The average Bonchev–Trinajstić information content (AvgIpc) is 2.57. The number of piperazine rings is 1. The maximum Gasteiger partial charge on any atom is 0.275 e. The van der Waals surface area contributed by atoms with Gasteiger partial charge in [0.25, 0.3) is 5.91 Å². The van der Waals surface area contributed by atoms with Crippen molar-refractivity contribution in [2.24, 2.45) is 0 Å². The van der Waals surface area contributed by atoms with Gasteiger partial charge in [0.15, 0.2) is 6.54 Å². The first kappa shape index (κ1) is 20.9. The van der Waals surface area contributed by atoms with E-state index in [0.29, 0.717) is 37.6 Å². The molecule has 1 aromatic rings. The van der Waals surface area contributed by atoms with Crippen LogP contribution in [-0.4, -0.2) is 56.9 Å². The van der Waals surface area contributed by atoms with Gasteiger partial charge in [0, 0.05) is 5.54 Å². The molecule has 146 valence electrons. The molecule has 0 saturated carbocycles. The number of nitrogens with one attached hydrogen (secondary N) is 2. The van der Waals surface area contributed by atoms with Crippen LogP contribution in [0.5, 0.6) is 0 Å². The summed E-state index contributed by atoms with van der Waals surface area (Å²) in [6, 6.07) is 5.27. The Labute approximate surface area is 157 Å². The highest BCUT2D eigenvalue weighted by molar-refractivity contribution is 7.89. The first-order valence-electron chi connectivity index (χ1n) is 9.27. The number of carbonyl (C=O) groups excluding carboxylic acids is 1. The molecule has 2 N–H and O–H groups in total. The van der Waals surface area contributed by atoms with Gasteiger partial charge in [-0.3, -0.25) is 4.79 Å². The predicted molar refractivity (Wildman–Crippen MR) is 103 cm³/mol. The number of rotatable bonds is 6. The Bertz CT molecular complexity index is 751. The second-order valence-corrected chi connectivity index (χ2v) is 9.80. The first-order valence-corrected chi connectivity index (χ1v) is 10.7. The minimum atomic E-state index is -3.47. The van der Waals surface area contributed by atoms with E-state index in [4.69, 9.17) is 0 Å². The minimum absolute atomic E-state index is 0.0253. The maximum absolute atomic E-state index is 12.8. The van der Waals surface area contributed by atoms with E-state index < -0.39 is 10.0 Å². The van der Waals surface area contributed by atoms with E-state index in [1.54, 1.807) is 12.1 Å². The van der Waals surface area contributed by atoms with E-state index in [1.165, 1.54) is 4.31 Å². The maximum atomic E-state index is 12.8. The van der Waals surface area contributed by atoms with Crippen LogP contribution in [0.4, 0.5) is 0 Å². The van der Waals surface area contributed by atoms with Crippen molar-refractivity contribution in [1.29, 1.82) is 0 Å². The van der Waals surface area contributed by atoms with Crippen molar-refractivity contribution in [3.05, 3.63) is 29.3 Å². The monoisotopic (exact) mass is 382 g/mol. The number of aryl methyl sites for hydroxylation is 2. The highest BCUT2D eigenvalue weighted by atomic mass is 32.2. The summed E-state index contributed by atoms with van der Waals surface area (Å²) in [5, 5.41) is 3.04. The Balaban J connectivity index is 1.95. The third kappa shape index (κ3) is 5.05. The number of nitrogens with zero attached hydrogens (tertiary/aromatic N) is 1. The molecule has 0 spiro atoms. The second kappa shape index (κ2) is 8.06. The van der Waals surface area contributed by atoms with Gasteiger partial charge in [-0.1, -0.05) is 13.0 Å². The summed E-state index contributed by atoms with van der Waals surface area (Å²) in [5.41, 5.74) is 1.86. The zero-order valence-electron chi connectivity index (χ0n) is 16.6. The van der Waals surface area contributed by atoms with Crippen LogP contribution >= 0.6 is 0 Å². The molecule has 1 fully saturated rings. The lowest BCUT2D eigenvalue weighted by Crippen LogP contribution is -3.16. The number of hydrogen-bond acceptors (Lipinski definition) is 3. The van der Waals surface area contributed by atoms with Crippen molar-refractivity contribution in [3.63, 3.8) is 0 Å². The number of sulfonamides is 1. The fourth-order valence-electron chi connectivity index (χ4n) is 2.98. The molecule has 0 radical (unpaired) electrons. The van der Waals surface area contributed by atoms with Crippen LogP contribution in [0.15, 0.2) is 23.1 Å². The number of carbonyl (C=O) groups is 1. The fourth-order valence-corrected chi connectivity index (χ4v) is 4.51. The Morgan fingerprint density at radius 1 is 1.19 bits per heavy atom. The molecule has 0 atom stereocenters. The normalized spacial score (nSPS) is 17.3. The Morgan fingerprint density at radius 3 is 2.35 bits per heavy atom. The Kier molecular flexibility index (Phi) is 6.47. The van der Waals surface area contributed by atoms with Gasteiger partial charge in [0.05, 0.1) is 31.1 Å². The van der Waals surface area contributed by atoms with Crippen molar-refractivity contribution in [2.45, 2.75) is 51.5 Å². The van der Waals surface area contributed by atoms with Crippen LogP contribution in [0, 0.1) is 13.8 Å². The first-order chi connectivity index (χ1) is 12.0. The summed E-state index contributed by atoms with van der Waals surface area (Å²) in [6.45, 7) is 12.5. The van der Waals surface area contributed by atoms with Gasteiger partial charge >= 0.3 is 0 Å². The number of benzene rings is 1. The van der Waals surface area contributed by atoms with Crippen molar-refractivity contribution >= 4 is 15.9 Å². The topological polar surface area (TPSA) is 70.9 Å². The van der Waals surface area contributed by atoms with Gasteiger partial charge in [-0.05, 0) is 57.4 Å². The van der Waals surface area contributed by atoms with Gasteiger partial charge in [0.2, 0.25) is 10.0 Å².